The molecule has 41 heavy (non-hydrogen) atoms. The Morgan fingerprint density at radius 1 is 0.854 bits per heavy atom. The van der Waals surface area contributed by atoms with E-state index in [4.69, 9.17) is 28.4 Å². The van der Waals surface area contributed by atoms with E-state index in [9.17, 15) is 14.4 Å². The van der Waals surface area contributed by atoms with Crippen molar-refractivity contribution >= 4 is 28.7 Å². The number of esters is 1. The Balaban J connectivity index is 1.47. The summed E-state index contributed by atoms with van der Waals surface area (Å²) in [4.78, 5) is 42.3. The summed E-state index contributed by atoms with van der Waals surface area (Å²) >= 11 is 0. The highest BCUT2D eigenvalue weighted by Crippen LogP contribution is 2.49. The van der Waals surface area contributed by atoms with Crippen LogP contribution in [0.4, 0.5) is 0 Å². The number of allylic oxidation sites excluding steroid dienone is 1. The van der Waals surface area contributed by atoms with Crippen molar-refractivity contribution in [1.82, 2.24) is 4.98 Å². The number of carbonyl (C=O) groups excluding carboxylic acids is 2. The van der Waals surface area contributed by atoms with E-state index in [1.807, 2.05) is 6.07 Å². The molecule has 1 aromatic heterocycles. The number of ether oxygens (including phenoxy) is 6. The van der Waals surface area contributed by atoms with Gasteiger partial charge in [0.1, 0.15) is 17.2 Å². The average Bonchev–Trinajstić information content (AvgIpc) is 3.30. The number of benzene rings is 3. The first-order valence-electron chi connectivity index (χ1n) is 12.7. The molecule has 1 N–H and O–H groups in total. The lowest BCUT2D eigenvalue weighted by Gasteiger charge is -2.26. The monoisotopic (exact) mass is 555 g/mol. The molecule has 0 bridgehead atoms. The van der Waals surface area contributed by atoms with Gasteiger partial charge in [0, 0.05) is 28.7 Å². The molecule has 0 amide bonds. The molecule has 3 aromatic carbocycles. The van der Waals surface area contributed by atoms with Crippen LogP contribution in [0.5, 0.6) is 34.5 Å². The minimum atomic E-state index is -0.709. The number of ketones is 1. The van der Waals surface area contributed by atoms with Crippen molar-refractivity contribution in [3.05, 3.63) is 86.9 Å². The number of aromatic amines is 1. The van der Waals surface area contributed by atoms with Gasteiger partial charge in [0.05, 0.1) is 45.9 Å². The fourth-order valence-electron chi connectivity index (χ4n) is 5.33. The van der Waals surface area contributed by atoms with Gasteiger partial charge in [-0.1, -0.05) is 0 Å². The number of rotatable bonds is 6. The molecule has 0 saturated heterocycles. The van der Waals surface area contributed by atoms with Gasteiger partial charge in [-0.05, 0) is 53.9 Å². The van der Waals surface area contributed by atoms with E-state index >= 15 is 0 Å². The number of nitrogens with one attached hydrogen (secondary N) is 1. The normalized spacial score (nSPS) is 16.6. The lowest BCUT2D eigenvalue weighted by Crippen LogP contribution is -2.26. The zero-order chi connectivity index (χ0) is 28.8. The molecule has 0 aliphatic carbocycles. The van der Waals surface area contributed by atoms with Gasteiger partial charge in [-0.25, -0.2) is 0 Å². The van der Waals surface area contributed by atoms with Crippen molar-refractivity contribution in [2.45, 2.75) is 12.3 Å². The number of methoxy groups -OCH3 is 4. The van der Waals surface area contributed by atoms with Crippen LogP contribution in [0.3, 0.4) is 0 Å². The summed E-state index contributed by atoms with van der Waals surface area (Å²) in [6.45, 7) is 0. The summed E-state index contributed by atoms with van der Waals surface area (Å²) in [6, 6.07) is 13.6. The molecule has 2 aliphatic rings. The largest absolute Gasteiger partial charge is 0.497 e. The summed E-state index contributed by atoms with van der Waals surface area (Å²) in [6.07, 6.45) is 1.45. The van der Waals surface area contributed by atoms with Crippen molar-refractivity contribution in [2.75, 3.05) is 28.4 Å². The molecule has 0 unspecified atom stereocenters. The summed E-state index contributed by atoms with van der Waals surface area (Å²) in [5, 5.41) is 0.756. The number of pyridine rings is 1. The van der Waals surface area contributed by atoms with Gasteiger partial charge in [-0.2, -0.15) is 0 Å². The van der Waals surface area contributed by atoms with E-state index in [1.54, 1.807) is 55.7 Å². The zero-order valence-corrected chi connectivity index (χ0v) is 22.7. The molecule has 0 fully saturated rings. The standard InChI is InChI=1S/C31H25NO9/c1-36-17-7-5-15-11-20(31(35)32-21(15)13-17)19-14-25(33)40-22-10-8-18-27(34)24(41-29(18)26(19)22)12-16-6-9-23(37-2)30(39-4)28(16)38-3/h5-13,19H,14H2,1-4H3,(H,32,35)/b24-12-/t19-/m0/s1. The van der Waals surface area contributed by atoms with Crippen molar-refractivity contribution in [1.29, 1.82) is 0 Å². The molecule has 3 heterocycles. The van der Waals surface area contributed by atoms with Gasteiger partial charge in [0.15, 0.2) is 17.3 Å². The second-order valence-corrected chi connectivity index (χ2v) is 9.46. The summed E-state index contributed by atoms with van der Waals surface area (Å²) in [5.74, 6) is 0.732. The van der Waals surface area contributed by atoms with Crippen LogP contribution in [0.15, 0.2) is 59.1 Å². The number of Topliss-reactive ketones (excluding diaryl/α,β-unsaturated/α-hetero) is 1. The molecule has 6 rings (SSSR count). The van der Waals surface area contributed by atoms with Gasteiger partial charge < -0.3 is 33.4 Å². The van der Waals surface area contributed by atoms with Gasteiger partial charge in [-0.15, -0.1) is 0 Å². The number of fused-ring (bicyclic) bond motifs is 4. The lowest BCUT2D eigenvalue weighted by atomic mass is 9.85. The van der Waals surface area contributed by atoms with Crippen molar-refractivity contribution in [3.8, 4) is 34.5 Å². The summed E-state index contributed by atoms with van der Waals surface area (Å²) in [5.41, 5.74) is 1.85. The number of H-pyrrole nitrogens is 1. The Bertz CT molecular complexity index is 1840. The van der Waals surface area contributed by atoms with Crippen LogP contribution in [0.2, 0.25) is 0 Å². The predicted molar refractivity (Wildman–Crippen MR) is 149 cm³/mol. The summed E-state index contributed by atoms with van der Waals surface area (Å²) in [7, 11) is 6.03. The highest BCUT2D eigenvalue weighted by atomic mass is 16.5. The first kappa shape index (κ1) is 26.0. The minimum absolute atomic E-state index is 0.0362. The molecule has 0 radical (unpaired) electrons. The fourth-order valence-corrected chi connectivity index (χ4v) is 5.33. The molecule has 0 spiro atoms. The molecule has 10 nitrogen and oxygen atoms in total. The Labute approximate surface area is 234 Å². The van der Waals surface area contributed by atoms with Crippen LogP contribution in [-0.2, 0) is 4.79 Å². The number of carbonyl (C=O) groups is 2. The van der Waals surface area contributed by atoms with Crippen LogP contribution in [0.25, 0.3) is 17.0 Å². The highest BCUT2D eigenvalue weighted by Gasteiger charge is 2.39. The van der Waals surface area contributed by atoms with Crippen LogP contribution >= 0.6 is 0 Å². The van der Waals surface area contributed by atoms with E-state index in [0.29, 0.717) is 50.8 Å². The van der Waals surface area contributed by atoms with Crippen molar-refractivity contribution < 1.29 is 38.0 Å². The Morgan fingerprint density at radius 2 is 1.66 bits per heavy atom. The number of hydrogen-bond donors (Lipinski definition) is 1. The van der Waals surface area contributed by atoms with E-state index in [0.717, 1.165) is 5.39 Å². The number of aromatic nitrogens is 1. The second-order valence-electron chi connectivity index (χ2n) is 9.46. The van der Waals surface area contributed by atoms with Gasteiger partial charge in [0.2, 0.25) is 11.5 Å². The van der Waals surface area contributed by atoms with E-state index < -0.39 is 11.9 Å². The van der Waals surface area contributed by atoms with Crippen LogP contribution in [-0.4, -0.2) is 45.2 Å². The first-order chi connectivity index (χ1) is 19.9. The summed E-state index contributed by atoms with van der Waals surface area (Å²) < 4.78 is 33.3. The van der Waals surface area contributed by atoms with Gasteiger partial charge in [0.25, 0.3) is 5.56 Å². The topological polar surface area (TPSA) is 122 Å². The third-order valence-corrected chi connectivity index (χ3v) is 7.26. The number of hydrogen-bond acceptors (Lipinski definition) is 9. The molecule has 4 aromatic rings. The molecule has 1 atom stereocenters. The fraction of sp³-hybridized carbons (Fsp3) is 0.194. The quantitative estimate of drug-likeness (QED) is 0.206. The minimum Gasteiger partial charge on any atom is -0.497 e. The SMILES string of the molecule is COc1ccc2cc([C@@H]3CC(=O)Oc4ccc5c(c43)O/C(=C\c3ccc(OC)c(OC)c3OC)C5=O)c(=O)[nH]c2c1. The molecule has 10 heteroatoms. The predicted octanol–water partition coefficient (Wildman–Crippen LogP) is 4.62. The van der Waals surface area contributed by atoms with E-state index in [1.165, 1.54) is 21.3 Å². The first-order valence-corrected chi connectivity index (χ1v) is 12.7. The molecule has 208 valence electrons. The third-order valence-electron chi connectivity index (χ3n) is 7.26. The maximum Gasteiger partial charge on any atom is 0.312 e. The molecule has 2 aliphatic heterocycles. The third kappa shape index (κ3) is 4.24. The van der Waals surface area contributed by atoms with E-state index in [2.05, 4.69) is 4.98 Å². The lowest BCUT2D eigenvalue weighted by molar-refractivity contribution is -0.135. The van der Waals surface area contributed by atoms with Crippen LogP contribution in [0, 0.1) is 0 Å². The Kier molecular flexibility index (Phi) is 6.37. The Morgan fingerprint density at radius 3 is 2.39 bits per heavy atom. The highest BCUT2D eigenvalue weighted by molar-refractivity contribution is 6.15. The van der Waals surface area contributed by atoms with Gasteiger partial charge >= 0.3 is 5.97 Å². The average molecular weight is 556 g/mol. The second kappa shape index (κ2) is 10.1. The zero-order valence-electron chi connectivity index (χ0n) is 22.7. The maximum atomic E-state index is 13.5. The van der Waals surface area contributed by atoms with Crippen molar-refractivity contribution in [3.63, 3.8) is 0 Å². The van der Waals surface area contributed by atoms with Crippen LogP contribution in [0.1, 0.15) is 39.4 Å². The van der Waals surface area contributed by atoms with Gasteiger partial charge in [-0.3, -0.25) is 14.4 Å². The maximum absolute atomic E-state index is 13.5. The Hall–Kier alpha value is -5.25. The molecular formula is C31H25NO9. The van der Waals surface area contributed by atoms with E-state index in [-0.39, 0.29) is 35.0 Å². The molecular weight excluding hydrogens is 530 g/mol. The van der Waals surface area contributed by atoms with Crippen molar-refractivity contribution in [2.24, 2.45) is 0 Å². The van der Waals surface area contributed by atoms with Crippen LogP contribution < -0.4 is 34.0 Å². The molecule has 0 saturated carbocycles. The smallest absolute Gasteiger partial charge is 0.312 e.